The fraction of sp³-hybridized carbons (Fsp3) is 0.600. The third-order valence-electron chi connectivity index (χ3n) is 3.63. The number of nitrogens with zero attached hydrogens (tertiary/aromatic N) is 1. The quantitative estimate of drug-likeness (QED) is 0.839. The summed E-state index contributed by atoms with van der Waals surface area (Å²) in [4.78, 5) is 2.24. The first-order chi connectivity index (χ1) is 8.65. The van der Waals surface area contributed by atoms with E-state index in [0.717, 1.165) is 5.75 Å². The van der Waals surface area contributed by atoms with Crippen molar-refractivity contribution < 1.29 is 9.84 Å². The van der Waals surface area contributed by atoms with Gasteiger partial charge in [0.2, 0.25) is 0 Å². The van der Waals surface area contributed by atoms with E-state index < -0.39 is 6.10 Å². The van der Waals surface area contributed by atoms with Crippen LogP contribution < -0.4 is 4.74 Å². The summed E-state index contributed by atoms with van der Waals surface area (Å²) in [6.07, 6.45) is 3.44. The van der Waals surface area contributed by atoms with Gasteiger partial charge in [-0.05, 0) is 44.5 Å². The minimum Gasteiger partial charge on any atom is -0.491 e. The van der Waals surface area contributed by atoms with Crippen LogP contribution in [-0.2, 0) is 0 Å². The van der Waals surface area contributed by atoms with Crippen LogP contribution in [0.15, 0.2) is 24.3 Å². The molecular weight excluding hydrogens is 226 g/mol. The van der Waals surface area contributed by atoms with Crippen molar-refractivity contribution in [3.63, 3.8) is 0 Å². The Morgan fingerprint density at radius 1 is 1.44 bits per heavy atom. The SMILES string of the molecule is Cc1cccc(OCC(O)CN(C)C2CCC2)c1. The maximum Gasteiger partial charge on any atom is 0.119 e. The van der Waals surface area contributed by atoms with Crippen molar-refractivity contribution >= 4 is 0 Å². The second kappa shape index (κ2) is 6.21. The van der Waals surface area contributed by atoms with Gasteiger partial charge in [-0.1, -0.05) is 18.6 Å². The Bertz CT molecular complexity index is 377. The van der Waals surface area contributed by atoms with Gasteiger partial charge < -0.3 is 14.7 Å². The van der Waals surface area contributed by atoms with E-state index in [1.807, 2.05) is 31.2 Å². The number of rotatable bonds is 6. The molecule has 0 heterocycles. The first-order valence-electron chi connectivity index (χ1n) is 6.73. The predicted molar refractivity (Wildman–Crippen MR) is 72.9 cm³/mol. The van der Waals surface area contributed by atoms with Crippen LogP contribution in [0.1, 0.15) is 24.8 Å². The topological polar surface area (TPSA) is 32.7 Å². The van der Waals surface area contributed by atoms with E-state index in [0.29, 0.717) is 19.2 Å². The highest BCUT2D eigenvalue weighted by atomic mass is 16.5. The highest BCUT2D eigenvalue weighted by Crippen LogP contribution is 2.23. The fourth-order valence-electron chi connectivity index (χ4n) is 2.26. The molecule has 3 nitrogen and oxygen atoms in total. The van der Waals surface area contributed by atoms with Gasteiger partial charge in [0.25, 0.3) is 0 Å². The zero-order valence-corrected chi connectivity index (χ0v) is 11.3. The van der Waals surface area contributed by atoms with Crippen molar-refractivity contribution in [2.75, 3.05) is 20.2 Å². The second-order valence-corrected chi connectivity index (χ2v) is 5.31. The first-order valence-corrected chi connectivity index (χ1v) is 6.73. The second-order valence-electron chi connectivity index (χ2n) is 5.31. The van der Waals surface area contributed by atoms with E-state index in [1.54, 1.807) is 0 Å². The van der Waals surface area contributed by atoms with E-state index >= 15 is 0 Å². The molecule has 1 unspecified atom stereocenters. The molecule has 0 bridgehead atoms. The molecule has 3 heteroatoms. The lowest BCUT2D eigenvalue weighted by Gasteiger charge is -2.35. The molecule has 1 saturated carbocycles. The maximum atomic E-state index is 9.95. The standard InChI is InChI=1S/C15H23NO2/c1-12-5-3-8-15(9-12)18-11-14(17)10-16(2)13-6-4-7-13/h3,5,8-9,13-14,17H,4,6-7,10-11H2,1-2H3. The lowest BCUT2D eigenvalue weighted by Crippen LogP contribution is -2.42. The monoisotopic (exact) mass is 249 g/mol. The Labute approximate surface area is 109 Å². The summed E-state index contributed by atoms with van der Waals surface area (Å²) in [5.41, 5.74) is 1.17. The van der Waals surface area contributed by atoms with Crippen molar-refractivity contribution in [3.8, 4) is 5.75 Å². The van der Waals surface area contributed by atoms with Crippen LogP contribution in [0.4, 0.5) is 0 Å². The molecule has 100 valence electrons. The van der Waals surface area contributed by atoms with Gasteiger partial charge in [0.1, 0.15) is 18.5 Å². The average Bonchev–Trinajstić information content (AvgIpc) is 2.24. The summed E-state index contributed by atoms with van der Waals surface area (Å²) in [7, 11) is 2.08. The van der Waals surface area contributed by atoms with Crippen LogP contribution >= 0.6 is 0 Å². The Morgan fingerprint density at radius 2 is 2.22 bits per heavy atom. The summed E-state index contributed by atoms with van der Waals surface area (Å²) >= 11 is 0. The smallest absolute Gasteiger partial charge is 0.119 e. The molecule has 0 spiro atoms. The van der Waals surface area contributed by atoms with E-state index in [2.05, 4.69) is 11.9 Å². The van der Waals surface area contributed by atoms with Gasteiger partial charge in [0, 0.05) is 12.6 Å². The molecule has 0 amide bonds. The number of ether oxygens (including phenoxy) is 1. The van der Waals surface area contributed by atoms with Crippen LogP contribution in [0.25, 0.3) is 0 Å². The number of likely N-dealkylation sites (N-methyl/N-ethyl adjacent to an activating group) is 1. The third-order valence-corrected chi connectivity index (χ3v) is 3.63. The molecule has 1 atom stereocenters. The molecule has 1 aromatic carbocycles. The van der Waals surface area contributed by atoms with E-state index in [4.69, 9.17) is 4.74 Å². The molecule has 0 aromatic heterocycles. The zero-order chi connectivity index (χ0) is 13.0. The number of aliphatic hydroxyl groups excluding tert-OH is 1. The summed E-state index contributed by atoms with van der Waals surface area (Å²) in [5.74, 6) is 0.834. The Morgan fingerprint density at radius 3 is 2.83 bits per heavy atom. The molecule has 0 radical (unpaired) electrons. The third kappa shape index (κ3) is 3.72. The Balaban J connectivity index is 1.72. The molecular formula is C15H23NO2. The summed E-state index contributed by atoms with van der Waals surface area (Å²) < 4.78 is 5.60. The van der Waals surface area contributed by atoms with Gasteiger partial charge in [0.05, 0.1) is 0 Å². The van der Waals surface area contributed by atoms with Crippen LogP contribution in [0, 0.1) is 6.92 Å². The van der Waals surface area contributed by atoms with Crippen molar-refractivity contribution in [2.45, 2.75) is 38.3 Å². The van der Waals surface area contributed by atoms with Gasteiger partial charge >= 0.3 is 0 Å². The highest BCUT2D eigenvalue weighted by molar-refractivity contribution is 5.27. The van der Waals surface area contributed by atoms with Gasteiger partial charge in [-0.15, -0.1) is 0 Å². The minimum absolute atomic E-state index is 0.362. The van der Waals surface area contributed by atoms with Crippen LogP contribution in [0.5, 0.6) is 5.75 Å². The van der Waals surface area contributed by atoms with Crippen molar-refractivity contribution in [1.29, 1.82) is 0 Å². The molecule has 2 rings (SSSR count). The lowest BCUT2D eigenvalue weighted by atomic mass is 9.92. The molecule has 1 aliphatic carbocycles. The van der Waals surface area contributed by atoms with Crippen LogP contribution in [-0.4, -0.2) is 42.4 Å². The highest BCUT2D eigenvalue weighted by Gasteiger charge is 2.23. The van der Waals surface area contributed by atoms with Gasteiger partial charge in [-0.3, -0.25) is 0 Å². The average molecular weight is 249 g/mol. The summed E-state index contributed by atoms with van der Waals surface area (Å²) in [6, 6.07) is 8.58. The lowest BCUT2D eigenvalue weighted by molar-refractivity contribution is 0.0476. The molecule has 1 N–H and O–H groups in total. The summed E-state index contributed by atoms with van der Waals surface area (Å²) in [5, 5.41) is 9.95. The van der Waals surface area contributed by atoms with Crippen molar-refractivity contribution in [1.82, 2.24) is 4.90 Å². The molecule has 1 fully saturated rings. The Hall–Kier alpha value is -1.06. The number of aliphatic hydroxyl groups is 1. The number of benzene rings is 1. The number of hydrogen-bond donors (Lipinski definition) is 1. The van der Waals surface area contributed by atoms with Crippen molar-refractivity contribution in [2.24, 2.45) is 0 Å². The van der Waals surface area contributed by atoms with Gasteiger partial charge in [-0.2, -0.15) is 0 Å². The number of hydrogen-bond acceptors (Lipinski definition) is 3. The fourth-order valence-corrected chi connectivity index (χ4v) is 2.26. The first kappa shape index (κ1) is 13.4. The summed E-state index contributed by atoms with van der Waals surface area (Å²) in [6.45, 7) is 3.09. The maximum absolute atomic E-state index is 9.95. The minimum atomic E-state index is -0.420. The Kier molecular flexibility index (Phi) is 4.61. The molecule has 0 aliphatic heterocycles. The van der Waals surface area contributed by atoms with Crippen LogP contribution in [0.2, 0.25) is 0 Å². The van der Waals surface area contributed by atoms with Crippen molar-refractivity contribution in [3.05, 3.63) is 29.8 Å². The van der Waals surface area contributed by atoms with Gasteiger partial charge in [-0.25, -0.2) is 0 Å². The molecule has 18 heavy (non-hydrogen) atoms. The predicted octanol–water partition coefficient (Wildman–Crippen LogP) is 2.22. The molecule has 0 saturated heterocycles. The van der Waals surface area contributed by atoms with Gasteiger partial charge in [0.15, 0.2) is 0 Å². The molecule has 1 aliphatic rings. The normalized spacial score (nSPS) is 17.6. The van der Waals surface area contributed by atoms with Crippen LogP contribution in [0.3, 0.4) is 0 Å². The van der Waals surface area contributed by atoms with E-state index in [1.165, 1.54) is 24.8 Å². The number of aryl methyl sites for hydroxylation is 1. The molecule has 1 aromatic rings. The zero-order valence-electron chi connectivity index (χ0n) is 11.3. The largest absolute Gasteiger partial charge is 0.491 e. The van der Waals surface area contributed by atoms with E-state index in [9.17, 15) is 5.11 Å². The van der Waals surface area contributed by atoms with E-state index in [-0.39, 0.29) is 0 Å².